The number of guanidine groups is 1. The molecule has 1 aromatic carbocycles. The number of aromatic nitrogens is 2. The van der Waals surface area contributed by atoms with Crippen molar-refractivity contribution in [2.45, 2.75) is 45.8 Å². The number of aliphatic imine (C=N–C) groups is 1. The summed E-state index contributed by atoms with van der Waals surface area (Å²) >= 11 is 0. The Morgan fingerprint density at radius 2 is 1.87 bits per heavy atom. The summed E-state index contributed by atoms with van der Waals surface area (Å²) in [6.07, 6.45) is 5.11. The van der Waals surface area contributed by atoms with E-state index in [1.54, 1.807) is 13.2 Å². The molecule has 1 aromatic heterocycles. The van der Waals surface area contributed by atoms with Gasteiger partial charge in [-0.25, -0.2) is 4.79 Å². The highest BCUT2D eigenvalue weighted by atomic mass is 127. The van der Waals surface area contributed by atoms with Gasteiger partial charge in [0.25, 0.3) is 0 Å². The molecule has 0 spiro atoms. The Bertz CT molecular complexity index is 770. The van der Waals surface area contributed by atoms with Gasteiger partial charge in [-0.1, -0.05) is 12.1 Å². The molecule has 1 amide bonds. The third kappa shape index (κ3) is 10.5. The van der Waals surface area contributed by atoms with Crippen molar-refractivity contribution in [3.05, 3.63) is 48.3 Å². The van der Waals surface area contributed by atoms with Gasteiger partial charge in [0.05, 0.1) is 0 Å². The standard InChI is InChI=1S/C21H32N6O2.HI/c1-21(2,3)29-20(28)26-18-9-7-17(8-10-18)11-14-24-19(22-4)23-12-5-15-27-16-6-13-25-27;/h6-10,13,16H,5,11-12,14-15H2,1-4H3,(H,26,28)(H2,22,23,24);1H. The van der Waals surface area contributed by atoms with E-state index in [0.717, 1.165) is 38.4 Å². The predicted octanol–water partition coefficient (Wildman–Crippen LogP) is 3.65. The van der Waals surface area contributed by atoms with E-state index in [0.29, 0.717) is 5.69 Å². The average Bonchev–Trinajstić information content (AvgIpc) is 3.17. The summed E-state index contributed by atoms with van der Waals surface area (Å²) in [6.45, 7) is 7.98. The molecule has 2 rings (SSSR count). The van der Waals surface area contributed by atoms with Crippen LogP contribution in [-0.2, 0) is 17.7 Å². The number of amides is 1. The summed E-state index contributed by atoms with van der Waals surface area (Å²) in [5.74, 6) is 0.786. The zero-order valence-electron chi connectivity index (χ0n) is 18.1. The Balaban J connectivity index is 0.00000450. The lowest BCUT2D eigenvalue weighted by Gasteiger charge is -2.19. The van der Waals surface area contributed by atoms with Crippen LogP contribution in [0.5, 0.6) is 0 Å². The van der Waals surface area contributed by atoms with Crippen molar-refractivity contribution in [2.75, 3.05) is 25.5 Å². The van der Waals surface area contributed by atoms with E-state index < -0.39 is 11.7 Å². The molecule has 30 heavy (non-hydrogen) atoms. The molecule has 0 aliphatic carbocycles. The maximum Gasteiger partial charge on any atom is 0.412 e. The summed E-state index contributed by atoms with van der Waals surface area (Å²) < 4.78 is 7.17. The number of ether oxygens (including phenoxy) is 1. The molecule has 1 heterocycles. The van der Waals surface area contributed by atoms with E-state index in [-0.39, 0.29) is 24.0 Å². The summed E-state index contributed by atoms with van der Waals surface area (Å²) in [5, 5.41) is 13.5. The molecule has 0 bridgehead atoms. The van der Waals surface area contributed by atoms with E-state index in [1.807, 2.05) is 62.0 Å². The van der Waals surface area contributed by atoms with Crippen LogP contribution in [0.4, 0.5) is 10.5 Å². The average molecular weight is 528 g/mol. The third-order valence-electron chi connectivity index (χ3n) is 3.94. The Kier molecular flexibility index (Phi) is 11.2. The van der Waals surface area contributed by atoms with Gasteiger partial charge in [0.15, 0.2) is 5.96 Å². The molecule has 0 fully saturated rings. The van der Waals surface area contributed by atoms with Gasteiger partial charge in [-0.05, 0) is 57.4 Å². The van der Waals surface area contributed by atoms with Crippen LogP contribution in [-0.4, -0.2) is 47.6 Å². The lowest BCUT2D eigenvalue weighted by Crippen LogP contribution is -2.39. The van der Waals surface area contributed by atoms with Crippen LogP contribution in [0.2, 0.25) is 0 Å². The smallest absolute Gasteiger partial charge is 0.412 e. The first-order valence-corrected chi connectivity index (χ1v) is 9.86. The Morgan fingerprint density at radius 1 is 1.17 bits per heavy atom. The molecule has 0 unspecified atom stereocenters. The van der Waals surface area contributed by atoms with Gasteiger partial charge in [0.1, 0.15) is 5.60 Å². The van der Waals surface area contributed by atoms with E-state index in [1.165, 1.54) is 5.56 Å². The second-order valence-corrected chi connectivity index (χ2v) is 7.62. The third-order valence-corrected chi connectivity index (χ3v) is 3.94. The molecule has 2 aromatic rings. The Labute approximate surface area is 195 Å². The summed E-state index contributed by atoms with van der Waals surface area (Å²) in [5.41, 5.74) is 1.37. The maximum atomic E-state index is 11.8. The van der Waals surface area contributed by atoms with Gasteiger partial charge < -0.3 is 15.4 Å². The van der Waals surface area contributed by atoms with Crippen molar-refractivity contribution >= 4 is 41.7 Å². The fourth-order valence-electron chi connectivity index (χ4n) is 2.60. The molecule has 0 radical (unpaired) electrons. The second kappa shape index (κ2) is 13.1. The minimum Gasteiger partial charge on any atom is -0.444 e. The molecule has 3 N–H and O–H groups in total. The summed E-state index contributed by atoms with van der Waals surface area (Å²) in [4.78, 5) is 16.0. The zero-order chi connectivity index (χ0) is 21.1. The van der Waals surface area contributed by atoms with E-state index in [2.05, 4.69) is 26.0 Å². The highest BCUT2D eigenvalue weighted by Gasteiger charge is 2.16. The van der Waals surface area contributed by atoms with Gasteiger partial charge in [0.2, 0.25) is 0 Å². The number of rotatable bonds is 8. The van der Waals surface area contributed by atoms with Crippen molar-refractivity contribution < 1.29 is 9.53 Å². The number of halogens is 1. The molecule has 0 saturated heterocycles. The van der Waals surface area contributed by atoms with Crippen LogP contribution >= 0.6 is 24.0 Å². The lowest BCUT2D eigenvalue weighted by atomic mass is 10.1. The number of hydrogen-bond donors (Lipinski definition) is 3. The largest absolute Gasteiger partial charge is 0.444 e. The highest BCUT2D eigenvalue weighted by Crippen LogP contribution is 2.13. The van der Waals surface area contributed by atoms with Gasteiger partial charge >= 0.3 is 6.09 Å². The van der Waals surface area contributed by atoms with Gasteiger partial charge in [-0.2, -0.15) is 5.10 Å². The molecular weight excluding hydrogens is 495 g/mol. The number of anilines is 1. The van der Waals surface area contributed by atoms with Gasteiger partial charge in [0, 0.05) is 44.8 Å². The Morgan fingerprint density at radius 3 is 2.47 bits per heavy atom. The van der Waals surface area contributed by atoms with Crippen molar-refractivity contribution in [1.82, 2.24) is 20.4 Å². The number of carbonyl (C=O) groups excluding carboxylic acids is 1. The monoisotopic (exact) mass is 528 g/mol. The fraction of sp³-hybridized carbons (Fsp3) is 0.476. The first-order chi connectivity index (χ1) is 13.9. The molecule has 0 aliphatic heterocycles. The molecule has 8 nitrogen and oxygen atoms in total. The van der Waals surface area contributed by atoms with Crippen LogP contribution in [0.3, 0.4) is 0 Å². The first-order valence-electron chi connectivity index (χ1n) is 9.86. The quantitative estimate of drug-likeness (QED) is 0.211. The SMILES string of the molecule is CN=C(NCCCn1cccn1)NCCc1ccc(NC(=O)OC(C)(C)C)cc1.I. The topological polar surface area (TPSA) is 92.6 Å². The van der Waals surface area contributed by atoms with Crippen molar-refractivity contribution in [3.63, 3.8) is 0 Å². The van der Waals surface area contributed by atoms with Crippen LogP contribution in [0, 0.1) is 0 Å². The zero-order valence-corrected chi connectivity index (χ0v) is 20.5. The van der Waals surface area contributed by atoms with E-state index >= 15 is 0 Å². The van der Waals surface area contributed by atoms with Crippen molar-refractivity contribution in [2.24, 2.45) is 4.99 Å². The number of benzene rings is 1. The molecule has 0 atom stereocenters. The fourth-order valence-corrected chi connectivity index (χ4v) is 2.60. The molecule has 0 saturated carbocycles. The normalized spacial score (nSPS) is 11.4. The van der Waals surface area contributed by atoms with Crippen molar-refractivity contribution in [3.8, 4) is 0 Å². The minimum atomic E-state index is -0.512. The van der Waals surface area contributed by atoms with Crippen molar-refractivity contribution in [1.29, 1.82) is 0 Å². The van der Waals surface area contributed by atoms with Gasteiger partial charge in [-0.3, -0.25) is 15.0 Å². The van der Waals surface area contributed by atoms with Crippen LogP contribution < -0.4 is 16.0 Å². The number of hydrogen-bond acceptors (Lipinski definition) is 4. The second-order valence-electron chi connectivity index (χ2n) is 7.62. The van der Waals surface area contributed by atoms with Gasteiger partial charge in [-0.15, -0.1) is 24.0 Å². The molecule has 0 aliphatic rings. The minimum absolute atomic E-state index is 0. The lowest BCUT2D eigenvalue weighted by molar-refractivity contribution is 0.0636. The summed E-state index contributed by atoms with van der Waals surface area (Å²) in [7, 11) is 1.76. The number of aryl methyl sites for hydroxylation is 1. The van der Waals surface area contributed by atoms with E-state index in [9.17, 15) is 4.79 Å². The molecule has 9 heteroatoms. The first kappa shape index (κ1) is 25.7. The number of nitrogens with zero attached hydrogens (tertiary/aromatic N) is 3. The highest BCUT2D eigenvalue weighted by molar-refractivity contribution is 14.0. The molecular formula is C21H33IN6O2. The van der Waals surface area contributed by atoms with Crippen LogP contribution in [0.25, 0.3) is 0 Å². The summed E-state index contributed by atoms with van der Waals surface area (Å²) in [6, 6.07) is 9.67. The van der Waals surface area contributed by atoms with Crippen LogP contribution in [0.1, 0.15) is 32.8 Å². The number of nitrogens with one attached hydrogen (secondary N) is 3. The van der Waals surface area contributed by atoms with E-state index in [4.69, 9.17) is 4.74 Å². The number of carbonyl (C=O) groups is 1. The maximum absolute atomic E-state index is 11.8. The predicted molar refractivity (Wildman–Crippen MR) is 132 cm³/mol. The Hall–Kier alpha value is -2.30. The van der Waals surface area contributed by atoms with Crippen LogP contribution in [0.15, 0.2) is 47.7 Å². The molecule has 166 valence electrons.